The first-order chi connectivity index (χ1) is 15.0. The third-order valence-electron chi connectivity index (χ3n) is 5.32. The number of carbonyl (C=O) groups excluding carboxylic acids is 1. The lowest BCUT2D eigenvalue weighted by Crippen LogP contribution is -2.18. The fourth-order valence-corrected chi connectivity index (χ4v) is 3.94. The number of aryl methyl sites for hydroxylation is 2. The van der Waals surface area contributed by atoms with Gasteiger partial charge in [-0.25, -0.2) is 14.7 Å². The molecule has 31 heavy (non-hydrogen) atoms. The first-order valence-electron chi connectivity index (χ1n) is 10.0. The van der Waals surface area contributed by atoms with E-state index < -0.39 is 0 Å². The van der Waals surface area contributed by atoms with Crippen molar-refractivity contribution in [3.63, 3.8) is 0 Å². The fraction of sp³-hybridized carbons (Fsp3) is 0.227. The SMILES string of the molecule is Cc1nn(CCO)c2c1N=C(c1ccc(-n3c(C)nc4cnccc43)cc1)CC(=O)N2. The number of hydrogen-bond donors (Lipinski definition) is 2. The van der Waals surface area contributed by atoms with Crippen LogP contribution in [0.15, 0.2) is 47.7 Å². The molecule has 9 nitrogen and oxygen atoms in total. The Morgan fingerprint density at radius 2 is 1.97 bits per heavy atom. The third kappa shape index (κ3) is 3.28. The van der Waals surface area contributed by atoms with E-state index in [9.17, 15) is 9.90 Å². The van der Waals surface area contributed by atoms with E-state index in [2.05, 4.69) is 25.0 Å². The molecule has 0 unspecified atom stereocenters. The molecule has 1 aliphatic heterocycles. The fourth-order valence-electron chi connectivity index (χ4n) is 3.94. The van der Waals surface area contributed by atoms with E-state index in [-0.39, 0.29) is 18.9 Å². The molecule has 9 heteroatoms. The van der Waals surface area contributed by atoms with Crippen molar-refractivity contribution in [1.29, 1.82) is 0 Å². The molecular weight excluding hydrogens is 394 g/mol. The van der Waals surface area contributed by atoms with Crippen molar-refractivity contribution in [1.82, 2.24) is 24.3 Å². The highest BCUT2D eigenvalue weighted by molar-refractivity contribution is 6.16. The van der Waals surface area contributed by atoms with Crippen LogP contribution in [0.3, 0.4) is 0 Å². The van der Waals surface area contributed by atoms with E-state index in [4.69, 9.17) is 4.99 Å². The predicted octanol–water partition coefficient (Wildman–Crippen LogP) is 2.69. The molecule has 3 aromatic heterocycles. The van der Waals surface area contributed by atoms with Gasteiger partial charge in [0, 0.05) is 11.9 Å². The van der Waals surface area contributed by atoms with E-state index >= 15 is 0 Å². The summed E-state index contributed by atoms with van der Waals surface area (Å²) >= 11 is 0. The number of imidazole rings is 1. The van der Waals surface area contributed by atoms with Crippen molar-refractivity contribution in [3.8, 4) is 5.69 Å². The van der Waals surface area contributed by atoms with Crippen molar-refractivity contribution in [2.75, 3.05) is 11.9 Å². The largest absolute Gasteiger partial charge is 0.394 e. The van der Waals surface area contributed by atoms with Crippen molar-refractivity contribution >= 4 is 34.2 Å². The Labute approximate surface area is 178 Å². The van der Waals surface area contributed by atoms with Crippen LogP contribution in [-0.4, -0.2) is 47.6 Å². The number of nitrogens with zero attached hydrogens (tertiary/aromatic N) is 6. The molecule has 2 N–H and O–H groups in total. The quantitative estimate of drug-likeness (QED) is 0.532. The standard InChI is InChI=1S/C22H21N7O2/c1-13-21-22(28(27-13)9-10-30)26-20(31)11-17(25-21)15-3-5-16(6-4-15)29-14(2)24-18-12-23-8-7-19(18)29/h3-8,12,30H,9-11H2,1-2H3,(H,26,31). The van der Waals surface area contributed by atoms with E-state index in [0.717, 1.165) is 28.1 Å². The highest BCUT2D eigenvalue weighted by Gasteiger charge is 2.23. The summed E-state index contributed by atoms with van der Waals surface area (Å²) in [6.07, 6.45) is 3.66. The van der Waals surface area contributed by atoms with Gasteiger partial charge in [0.25, 0.3) is 0 Å². The first kappa shape index (κ1) is 19.1. The Morgan fingerprint density at radius 1 is 1.16 bits per heavy atom. The Kier molecular flexibility index (Phi) is 4.59. The summed E-state index contributed by atoms with van der Waals surface area (Å²) in [6.45, 7) is 4.03. The Hall–Kier alpha value is -3.85. The molecule has 0 saturated heterocycles. The number of hydrogen-bond acceptors (Lipinski definition) is 6. The zero-order valence-corrected chi connectivity index (χ0v) is 17.2. The maximum absolute atomic E-state index is 12.5. The zero-order valence-electron chi connectivity index (χ0n) is 17.2. The van der Waals surface area contributed by atoms with Crippen LogP contribution in [0.2, 0.25) is 0 Å². The number of carbonyl (C=O) groups is 1. The first-order valence-corrected chi connectivity index (χ1v) is 10.0. The summed E-state index contributed by atoms with van der Waals surface area (Å²) in [4.78, 5) is 26.0. The summed E-state index contributed by atoms with van der Waals surface area (Å²) in [5, 5.41) is 16.5. The van der Waals surface area contributed by atoms with Gasteiger partial charge in [-0.15, -0.1) is 0 Å². The van der Waals surface area contributed by atoms with Crippen LogP contribution >= 0.6 is 0 Å². The van der Waals surface area contributed by atoms with Gasteiger partial charge in [-0.2, -0.15) is 5.10 Å². The number of anilines is 1. The van der Waals surface area contributed by atoms with Crippen molar-refractivity contribution in [2.45, 2.75) is 26.8 Å². The number of pyridine rings is 1. The maximum Gasteiger partial charge on any atom is 0.231 e. The third-order valence-corrected chi connectivity index (χ3v) is 5.32. The van der Waals surface area contributed by atoms with Gasteiger partial charge in [0.05, 0.1) is 42.7 Å². The van der Waals surface area contributed by atoms with Gasteiger partial charge in [-0.3, -0.25) is 14.3 Å². The van der Waals surface area contributed by atoms with Crippen LogP contribution in [0, 0.1) is 13.8 Å². The van der Waals surface area contributed by atoms with Crippen LogP contribution in [0.1, 0.15) is 23.5 Å². The summed E-state index contributed by atoms with van der Waals surface area (Å²) in [6, 6.07) is 9.87. The molecule has 1 aromatic carbocycles. The predicted molar refractivity (Wildman–Crippen MR) is 117 cm³/mol. The molecule has 0 bridgehead atoms. The lowest BCUT2D eigenvalue weighted by atomic mass is 10.1. The second kappa shape index (κ2) is 7.44. The molecule has 1 aliphatic rings. The molecule has 0 radical (unpaired) electrons. The van der Waals surface area contributed by atoms with Gasteiger partial charge in [0.2, 0.25) is 5.91 Å². The number of amides is 1. The van der Waals surface area contributed by atoms with Gasteiger partial charge in [-0.1, -0.05) is 12.1 Å². The maximum atomic E-state index is 12.5. The minimum atomic E-state index is -0.162. The lowest BCUT2D eigenvalue weighted by Gasteiger charge is -2.09. The number of nitrogens with one attached hydrogen (secondary N) is 1. The minimum Gasteiger partial charge on any atom is -0.394 e. The molecule has 5 rings (SSSR count). The number of benzene rings is 1. The normalized spacial score (nSPS) is 13.6. The van der Waals surface area contributed by atoms with Crippen molar-refractivity contribution < 1.29 is 9.90 Å². The number of fused-ring (bicyclic) bond motifs is 2. The van der Waals surface area contributed by atoms with Crippen LogP contribution in [-0.2, 0) is 11.3 Å². The highest BCUT2D eigenvalue weighted by Crippen LogP contribution is 2.32. The van der Waals surface area contributed by atoms with Crippen LogP contribution in [0.25, 0.3) is 16.7 Å². The molecule has 0 fully saturated rings. The van der Waals surface area contributed by atoms with E-state index in [1.165, 1.54) is 0 Å². The molecule has 1 amide bonds. The Morgan fingerprint density at radius 3 is 2.74 bits per heavy atom. The van der Waals surface area contributed by atoms with Crippen LogP contribution < -0.4 is 5.32 Å². The van der Waals surface area contributed by atoms with E-state index in [1.807, 2.05) is 44.2 Å². The van der Waals surface area contributed by atoms with Crippen molar-refractivity contribution in [3.05, 3.63) is 59.8 Å². The van der Waals surface area contributed by atoms with Gasteiger partial charge in [0.1, 0.15) is 17.0 Å². The second-order valence-corrected chi connectivity index (χ2v) is 7.42. The molecule has 0 saturated carbocycles. The number of aromatic nitrogens is 5. The smallest absolute Gasteiger partial charge is 0.231 e. The van der Waals surface area contributed by atoms with E-state index in [0.29, 0.717) is 29.5 Å². The molecule has 156 valence electrons. The monoisotopic (exact) mass is 415 g/mol. The Bertz CT molecular complexity index is 1330. The Balaban J connectivity index is 1.55. The summed E-state index contributed by atoms with van der Waals surface area (Å²) in [5.74, 6) is 1.24. The molecule has 0 atom stereocenters. The van der Waals surface area contributed by atoms with Gasteiger partial charge in [0.15, 0.2) is 5.82 Å². The van der Waals surface area contributed by atoms with E-state index in [1.54, 1.807) is 17.1 Å². The number of rotatable bonds is 4. The molecule has 4 aromatic rings. The molecule has 4 heterocycles. The highest BCUT2D eigenvalue weighted by atomic mass is 16.3. The van der Waals surface area contributed by atoms with Gasteiger partial charge < -0.3 is 10.4 Å². The van der Waals surface area contributed by atoms with Crippen LogP contribution in [0.4, 0.5) is 11.5 Å². The average molecular weight is 415 g/mol. The average Bonchev–Trinajstić information content (AvgIpc) is 3.16. The number of aliphatic hydroxyl groups excluding tert-OH is 1. The van der Waals surface area contributed by atoms with Gasteiger partial charge in [-0.05, 0) is 37.6 Å². The topological polar surface area (TPSA) is 110 Å². The minimum absolute atomic E-state index is 0.0696. The van der Waals surface area contributed by atoms with Crippen LogP contribution in [0.5, 0.6) is 0 Å². The zero-order chi connectivity index (χ0) is 21.5. The van der Waals surface area contributed by atoms with Crippen molar-refractivity contribution in [2.24, 2.45) is 4.99 Å². The lowest BCUT2D eigenvalue weighted by molar-refractivity contribution is -0.115. The molecule has 0 aliphatic carbocycles. The summed E-state index contributed by atoms with van der Waals surface area (Å²) in [5.41, 5.74) is 5.67. The number of aliphatic hydroxyl groups is 1. The van der Waals surface area contributed by atoms with Gasteiger partial charge >= 0.3 is 0 Å². The summed E-state index contributed by atoms with van der Waals surface area (Å²) < 4.78 is 3.66. The molecule has 0 spiro atoms. The summed E-state index contributed by atoms with van der Waals surface area (Å²) in [7, 11) is 0. The number of aliphatic imine (C=N–C) groups is 1. The second-order valence-electron chi connectivity index (χ2n) is 7.42. The molecular formula is C22H21N7O2.